The van der Waals surface area contributed by atoms with Gasteiger partial charge in [-0.2, -0.15) is 10.1 Å². The summed E-state index contributed by atoms with van der Waals surface area (Å²) in [6.07, 6.45) is 5.62. The van der Waals surface area contributed by atoms with Crippen LogP contribution in [-0.2, 0) is 6.54 Å². The topological polar surface area (TPSA) is 60.0 Å². The lowest BCUT2D eigenvalue weighted by atomic mass is 10.3. The second-order valence-electron chi connectivity index (χ2n) is 4.67. The van der Waals surface area contributed by atoms with Crippen LogP contribution in [0.15, 0.2) is 36.8 Å². The minimum Gasteiger partial charge on any atom is -0.349 e. The largest absolute Gasteiger partial charge is 0.349 e. The average molecular weight is 256 g/mol. The van der Waals surface area contributed by atoms with Crippen molar-refractivity contribution in [1.82, 2.24) is 24.4 Å². The molecule has 3 aromatic heterocycles. The van der Waals surface area contributed by atoms with Crippen LogP contribution in [0, 0.1) is 6.92 Å². The van der Waals surface area contributed by atoms with Crippen molar-refractivity contribution >= 4 is 11.6 Å². The predicted molar refractivity (Wildman–Crippen MR) is 73.0 cm³/mol. The number of hydrogen-bond acceptors (Lipinski definition) is 4. The van der Waals surface area contributed by atoms with E-state index in [-0.39, 0.29) is 6.04 Å². The fourth-order valence-corrected chi connectivity index (χ4v) is 2.06. The number of nitrogens with zero attached hydrogens (tertiary/aromatic N) is 5. The van der Waals surface area contributed by atoms with Crippen LogP contribution in [0.25, 0.3) is 5.65 Å². The minimum absolute atomic E-state index is 0.206. The minimum atomic E-state index is 0.206. The van der Waals surface area contributed by atoms with Gasteiger partial charge in [-0.25, -0.2) is 4.52 Å². The van der Waals surface area contributed by atoms with E-state index in [2.05, 4.69) is 27.4 Å². The van der Waals surface area contributed by atoms with E-state index in [1.54, 1.807) is 10.7 Å². The Hall–Kier alpha value is -2.37. The van der Waals surface area contributed by atoms with Crippen molar-refractivity contribution in [3.63, 3.8) is 0 Å². The van der Waals surface area contributed by atoms with Gasteiger partial charge in [0.2, 0.25) is 5.95 Å². The SMILES string of the molecule is Cc1cccn2nc(NC(C)Cn3cccn3)nc12. The molecular formula is C13H16N6. The third-order valence-electron chi connectivity index (χ3n) is 2.95. The number of aromatic nitrogens is 5. The molecule has 98 valence electrons. The Labute approximate surface area is 111 Å². The van der Waals surface area contributed by atoms with Crippen LogP contribution in [-0.4, -0.2) is 30.4 Å². The van der Waals surface area contributed by atoms with Crippen molar-refractivity contribution in [3.05, 3.63) is 42.4 Å². The molecule has 6 heteroatoms. The van der Waals surface area contributed by atoms with Gasteiger partial charge < -0.3 is 5.32 Å². The van der Waals surface area contributed by atoms with Gasteiger partial charge in [-0.05, 0) is 31.5 Å². The highest BCUT2D eigenvalue weighted by Gasteiger charge is 2.09. The Morgan fingerprint density at radius 2 is 2.21 bits per heavy atom. The summed E-state index contributed by atoms with van der Waals surface area (Å²) >= 11 is 0. The fraction of sp³-hybridized carbons (Fsp3) is 0.308. The molecule has 3 rings (SSSR count). The molecule has 0 fully saturated rings. The molecule has 0 aliphatic rings. The van der Waals surface area contributed by atoms with E-state index >= 15 is 0 Å². The zero-order valence-electron chi connectivity index (χ0n) is 11.0. The quantitative estimate of drug-likeness (QED) is 0.772. The van der Waals surface area contributed by atoms with E-state index < -0.39 is 0 Å². The highest BCUT2D eigenvalue weighted by Crippen LogP contribution is 2.10. The summed E-state index contributed by atoms with van der Waals surface area (Å²) in [7, 11) is 0. The summed E-state index contributed by atoms with van der Waals surface area (Å²) in [5, 5.41) is 11.9. The molecule has 0 spiro atoms. The van der Waals surface area contributed by atoms with Crippen LogP contribution in [0.2, 0.25) is 0 Å². The zero-order valence-corrected chi connectivity index (χ0v) is 11.0. The molecule has 0 aliphatic carbocycles. The second-order valence-corrected chi connectivity index (χ2v) is 4.67. The van der Waals surface area contributed by atoms with Crippen molar-refractivity contribution in [1.29, 1.82) is 0 Å². The van der Waals surface area contributed by atoms with E-state index in [0.717, 1.165) is 17.8 Å². The Kier molecular flexibility index (Phi) is 2.91. The summed E-state index contributed by atoms with van der Waals surface area (Å²) < 4.78 is 3.68. The van der Waals surface area contributed by atoms with E-state index in [4.69, 9.17) is 0 Å². The summed E-state index contributed by atoms with van der Waals surface area (Å²) in [5.74, 6) is 0.647. The first-order valence-electron chi connectivity index (χ1n) is 6.28. The molecular weight excluding hydrogens is 240 g/mol. The molecule has 3 aromatic rings. The Balaban J connectivity index is 1.76. The van der Waals surface area contributed by atoms with Gasteiger partial charge in [0.25, 0.3) is 0 Å². The fourth-order valence-electron chi connectivity index (χ4n) is 2.06. The van der Waals surface area contributed by atoms with Gasteiger partial charge in [0, 0.05) is 24.6 Å². The maximum Gasteiger partial charge on any atom is 0.243 e. The number of rotatable bonds is 4. The Morgan fingerprint density at radius 1 is 1.32 bits per heavy atom. The average Bonchev–Trinajstić information content (AvgIpc) is 2.98. The molecule has 0 amide bonds. The lowest BCUT2D eigenvalue weighted by Gasteiger charge is -2.11. The number of nitrogens with one attached hydrogen (secondary N) is 1. The van der Waals surface area contributed by atoms with Gasteiger partial charge in [0.1, 0.15) is 0 Å². The third-order valence-corrected chi connectivity index (χ3v) is 2.95. The molecule has 0 saturated heterocycles. The van der Waals surface area contributed by atoms with Crippen LogP contribution in [0.3, 0.4) is 0 Å². The van der Waals surface area contributed by atoms with Crippen LogP contribution in [0.5, 0.6) is 0 Å². The summed E-state index contributed by atoms with van der Waals surface area (Å²) in [5.41, 5.74) is 2.00. The van der Waals surface area contributed by atoms with Crippen molar-refractivity contribution < 1.29 is 0 Å². The number of pyridine rings is 1. The van der Waals surface area contributed by atoms with E-state index in [0.29, 0.717) is 5.95 Å². The summed E-state index contributed by atoms with van der Waals surface area (Å²) in [6, 6.07) is 6.12. The summed E-state index contributed by atoms with van der Waals surface area (Å²) in [6.45, 7) is 4.89. The standard InChI is InChI=1S/C13H16N6/c1-10-5-3-8-19-12(10)16-13(17-19)15-11(2)9-18-7-4-6-14-18/h3-8,11H,9H2,1-2H3,(H,15,17). The van der Waals surface area contributed by atoms with Gasteiger partial charge in [0.05, 0.1) is 6.54 Å². The van der Waals surface area contributed by atoms with Crippen molar-refractivity contribution in [2.24, 2.45) is 0 Å². The molecule has 1 N–H and O–H groups in total. The van der Waals surface area contributed by atoms with Crippen molar-refractivity contribution in [2.45, 2.75) is 26.4 Å². The molecule has 0 saturated carbocycles. The normalized spacial score (nSPS) is 12.7. The van der Waals surface area contributed by atoms with Crippen LogP contribution in [0.1, 0.15) is 12.5 Å². The monoisotopic (exact) mass is 256 g/mol. The molecule has 0 aliphatic heterocycles. The van der Waals surface area contributed by atoms with Crippen molar-refractivity contribution in [2.75, 3.05) is 5.32 Å². The Bertz CT molecular complexity index is 670. The number of anilines is 1. The molecule has 1 unspecified atom stereocenters. The van der Waals surface area contributed by atoms with Crippen LogP contribution < -0.4 is 5.32 Å². The van der Waals surface area contributed by atoms with E-state index in [1.165, 1.54) is 0 Å². The molecule has 0 aromatic carbocycles. The van der Waals surface area contributed by atoms with E-state index in [9.17, 15) is 0 Å². The van der Waals surface area contributed by atoms with Gasteiger partial charge in [-0.15, -0.1) is 5.10 Å². The molecule has 1 atom stereocenters. The smallest absolute Gasteiger partial charge is 0.243 e. The molecule has 0 bridgehead atoms. The summed E-state index contributed by atoms with van der Waals surface area (Å²) in [4.78, 5) is 4.49. The number of fused-ring (bicyclic) bond motifs is 1. The lowest BCUT2D eigenvalue weighted by molar-refractivity contribution is 0.558. The van der Waals surface area contributed by atoms with E-state index in [1.807, 2.05) is 42.2 Å². The Morgan fingerprint density at radius 3 is 2.95 bits per heavy atom. The highest BCUT2D eigenvalue weighted by atomic mass is 15.4. The number of hydrogen-bond donors (Lipinski definition) is 1. The maximum atomic E-state index is 4.49. The molecule has 0 radical (unpaired) electrons. The highest BCUT2D eigenvalue weighted by molar-refractivity contribution is 5.49. The zero-order chi connectivity index (χ0) is 13.2. The van der Waals surface area contributed by atoms with Crippen molar-refractivity contribution in [3.8, 4) is 0 Å². The molecule has 19 heavy (non-hydrogen) atoms. The first-order valence-corrected chi connectivity index (χ1v) is 6.28. The number of aryl methyl sites for hydroxylation is 1. The third kappa shape index (κ3) is 2.42. The van der Waals surface area contributed by atoms with Gasteiger partial charge >= 0.3 is 0 Å². The predicted octanol–water partition coefficient (Wildman–Crippen LogP) is 1.73. The second kappa shape index (κ2) is 4.72. The molecule has 3 heterocycles. The van der Waals surface area contributed by atoms with Gasteiger partial charge in [0.15, 0.2) is 5.65 Å². The lowest BCUT2D eigenvalue weighted by Crippen LogP contribution is -2.22. The van der Waals surface area contributed by atoms with Crippen LogP contribution >= 0.6 is 0 Å². The first kappa shape index (κ1) is 11.7. The molecule has 6 nitrogen and oxygen atoms in total. The van der Waals surface area contributed by atoms with Crippen LogP contribution in [0.4, 0.5) is 5.95 Å². The maximum absolute atomic E-state index is 4.49. The first-order chi connectivity index (χ1) is 9.22. The van der Waals surface area contributed by atoms with Gasteiger partial charge in [-0.1, -0.05) is 6.07 Å². The van der Waals surface area contributed by atoms with Gasteiger partial charge in [-0.3, -0.25) is 4.68 Å².